The van der Waals surface area contributed by atoms with Crippen molar-refractivity contribution < 1.29 is 14.3 Å². The lowest BCUT2D eigenvalue weighted by atomic mass is 10.1. The molecule has 1 N–H and O–H groups in total. The molecule has 8 nitrogen and oxygen atoms in total. The van der Waals surface area contributed by atoms with Crippen molar-refractivity contribution in [1.82, 2.24) is 14.8 Å². The molecule has 2 amide bonds. The molecular formula is C23H33N5O3. The van der Waals surface area contributed by atoms with Crippen molar-refractivity contribution in [1.29, 1.82) is 0 Å². The van der Waals surface area contributed by atoms with Gasteiger partial charge in [-0.05, 0) is 38.2 Å². The third kappa shape index (κ3) is 4.41. The highest BCUT2D eigenvalue weighted by atomic mass is 16.5. The minimum Gasteiger partial charge on any atom is -0.376 e. The van der Waals surface area contributed by atoms with Gasteiger partial charge < -0.3 is 19.9 Å². The smallest absolute Gasteiger partial charge is 0.255 e. The summed E-state index contributed by atoms with van der Waals surface area (Å²) in [5.41, 5.74) is 1.25. The zero-order valence-electron chi connectivity index (χ0n) is 18.2. The van der Waals surface area contributed by atoms with Crippen LogP contribution in [0.5, 0.6) is 0 Å². The second kappa shape index (κ2) is 9.12. The number of carbonyl (C=O) groups excluding carboxylic acids is 2. The Bertz CT molecular complexity index is 819. The number of nitrogens with one attached hydrogen (secondary N) is 1. The van der Waals surface area contributed by atoms with E-state index in [-0.39, 0.29) is 24.5 Å². The molecule has 1 aromatic heterocycles. The number of amides is 2. The van der Waals surface area contributed by atoms with Crippen LogP contribution in [0.3, 0.4) is 0 Å². The Morgan fingerprint density at radius 2 is 1.97 bits per heavy atom. The highest BCUT2D eigenvalue weighted by molar-refractivity contribution is 6.04. The number of carbonyl (C=O) groups is 2. The number of hydrogen-bond donors (Lipinski definition) is 1. The van der Waals surface area contributed by atoms with Gasteiger partial charge in [0.25, 0.3) is 5.91 Å². The summed E-state index contributed by atoms with van der Waals surface area (Å²) in [6, 6.07) is 2.53. The maximum absolute atomic E-state index is 13.3. The van der Waals surface area contributed by atoms with Gasteiger partial charge in [-0.1, -0.05) is 12.8 Å². The van der Waals surface area contributed by atoms with Gasteiger partial charge in [0.1, 0.15) is 5.82 Å². The van der Waals surface area contributed by atoms with E-state index < -0.39 is 0 Å². The monoisotopic (exact) mass is 427 g/mol. The van der Waals surface area contributed by atoms with Crippen molar-refractivity contribution in [3.63, 3.8) is 0 Å². The lowest BCUT2D eigenvalue weighted by Gasteiger charge is -2.31. The van der Waals surface area contributed by atoms with E-state index in [1.807, 2.05) is 11.0 Å². The average molecular weight is 428 g/mol. The molecule has 0 radical (unpaired) electrons. The van der Waals surface area contributed by atoms with Crippen molar-refractivity contribution >= 4 is 23.3 Å². The highest BCUT2D eigenvalue weighted by Crippen LogP contribution is 2.30. The zero-order chi connectivity index (χ0) is 21.2. The van der Waals surface area contributed by atoms with E-state index in [0.29, 0.717) is 29.7 Å². The maximum atomic E-state index is 13.3. The number of pyridine rings is 1. The average Bonchev–Trinajstić information content (AvgIpc) is 3.46. The van der Waals surface area contributed by atoms with E-state index in [1.54, 1.807) is 11.1 Å². The number of anilines is 2. The second-order valence-corrected chi connectivity index (χ2v) is 9.20. The number of fused-ring (bicyclic) bond motifs is 1. The van der Waals surface area contributed by atoms with Crippen LogP contribution in [0.1, 0.15) is 55.3 Å². The molecule has 4 aliphatic rings. The summed E-state index contributed by atoms with van der Waals surface area (Å²) in [7, 11) is 0. The third-order valence-electron chi connectivity index (χ3n) is 7.18. The molecule has 0 spiro atoms. The molecule has 0 bridgehead atoms. The van der Waals surface area contributed by atoms with Crippen LogP contribution in [0, 0.1) is 0 Å². The third-order valence-corrected chi connectivity index (χ3v) is 7.18. The SMILES string of the molecule is O=C(c1cnc2c(c1)N(CC1CCCO1)C(=O)CN2)N1CCCN(C2CCCC2)CC1. The van der Waals surface area contributed by atoms with E-state index in [2.05, 4.69) is 15.2 Å². The molecule has 1 unspecified atom stereocenters. The Labute approximate surface area is 183 Å². The van der Waals surface area contributed by atoms with Gasteiger partial charge in [0.15, 0.2) is 0 Å². The normalized spacial score (nSPS) is 25.4. The van der Waals surface area contributed by atoms with Crippen molar-refractivity contribution in [2.75, 3.05) is 56.1 Å². The molecule has 3 fully saturated rings. The molecule has 4 heterocycles. The summed E-state index contributed by atoms with van der Waals surface area (Å²) < 4.78 is 5.74. The van der Waals surface area contributed by atoms with Crippen LogP contribution in [0.4, 0.5) is 11.5 Å². The lowest BCUT2D eigenvalue weighted by molar-refractivity contribution is -0.117. The first-order valence-corrected chi connectivity index (χ1v) is 11.9. The van der Waals surface area contributed by atoms with E-state index in [1.165, 1.54) is 25.7 Å². The number of ether oxygens (including phenoxy) is 1. The molecular weight excluding hydrogens is 394 g/mol. The largest absolute Gasteiger partial charge is 0.376 e. The first-order chi connectivity index (χ1) is 15.2. The first kappa shape index (κ1) is 20.7. The predicted octanol–water partition coefficient (Wildman–Crippen LogP) is 2.11. The molecule has 3 aliphatic heterocycles. The van der Waals surface area contributed by atoms with Gasteiger partial charge in [0, 0.05) is 45.0 Å². The molecule has 1 atom stereocenters. The molecule has 1 aliphatic carbocycles. The minimum absolute atomic E-state index is 0.00335. The van der Waals surface area contributed by atoms with Crippen molar-refractivity contribution in [3.8, 4) is 0 Å². The van der Waals surface area contributed by atoms with Crippen LogP contribution in [0.15, 0.2) is 12.3 Å². The van der Waals surface area contributed by atoms with Gasteiger partial charge in [-0.2, -0.15) is 0 Å². The fourth-order valence-corrected chi connectivity index (χ4v) is 5.45. The number of aromatic nitrogens is 1. The molecule has 1 saturated carbocycles. The first-order valence-electron chi connectivity index (χ1n) is 11.9. The Balaban J connectivity index is 1.30. The Morgan fingerprint density at radius 3 is 2.77 bits per heavy atom. The minimum atomic E-state index is -0.00335. The second-order valence-electron chi connectivity index (χ2n) is 9.20. The number of hydrogen-bond acceptors (Lipinski definition) is 6. The van der Waals surface area contributed by atoms with Crippen LogP contribution < -0.4 is 10.2 Å². The van der Waals surface area contributed by atoms with E-state index in [0.717, 1.165) is 52.0 Å². The Kier molecular flexibility index (Phi) is 6.09. The van der Waals surface area contributed by atoms with Crippen LogP contribution in [0.2, 0.25) is 0 Å². The summed E-state index contributed by atoms with van der Waals surface area (Å²) >= 11 is 0. The quantitative estimate of drug-likeness (QED) is 0.793. The molecule has 31 heavy (non-hydrogen) atoms. The topological polar surface area (TPSA) is 78.0 Å². The van der Waals surface area contributed by atoms with Gasteiger partial charge in [0.2, 0.25) is 5.91 Å². The summed E-state index contributed by atoms with van der Waals surface area (Å²) in [5.74, 6) is 0.674. The molecule has 0 aromatic carbocycles. The highest BCUT2D eigenvalue weighted by Gasteiger charge is 2.31. The van der Waals surface area contributed by atoms with Gasteiger partial charge >= 0.3 is 0 Å². The van der Waals surface area contributed by atoms with Crippen molar-refractivity contribution in [3.05, 3.63) is 17.8 Å². The van der Waals surface area contributed by atoms with Gasteiger partial charge in [-0.25, -0.2) is 4.98 Å². The maximum Gasteiger partial charge on any atom is 0.255 e. The molecule has 5 rings (SSSR count). The molecule has 2 saturated heterocycles. The van der Waals surface area contributed by atoms with Crippen LogP contribution in [0.25, 0.3) is 0 Å². The molecule has 168 valence electrons. The Hall–Kier alpha value is -2.19. The molecule has 8 heteroatoms. The van der Waals surface area contributed by atoms with Gasteiger partial charge in [-0.3, -0.25) is 14.5 Å². The lowest BCUT2D eigenvalue weighted by Crippen LogP contribution is -2.44. The van der Waals surface area contributed by atoms with Gasteiger partial charge in [-0.15, -0.1) is 0 Å². The molecule has 1 aromatic rings. The fraction of sp³-hybridized carbons (Fsp3) is 0.696. The summed E-state index contributed by atoms with van der Waals surface area (Å²) in [6.45, 7) is 5.04. The number of nitrogens with zero attached hydrogens (tertiary/aromatic N) is 4. The van der Waals surface area contributed by atoms with E-state index in [4.69, 9.17) is 4.74 Å². The van der Waals surface area contributed by atoms with E-state index in [9.17, 15) is 9.59 Å². The van der Waals surface area contributed by atoms with Gasteiger partial charge in [0.05, 0.1) is 30.4 Å². The number of rotatable bonds is 4. The van der Waals surface area contributed by atoms with Crippen LogP contribution in [-0.2, 0) is 9.53 Å². The zero-order valence-corrected chi connectivity index (χ0v) is 18.2. The summed E-state index contributed by atoms with van der Waals surface area (Å²) in [5, 5.41) is 3.09. The van der Waals surface area contributed by atoms with Crippen LogP contribution >= 0.6 is 0 Å². The van der Waals surface area contributed by atoms with Crippen LogP contribution in [-0.4, -0.2) is 84.6 Å². The van der Waals surface area contributed by atoms with E-state index >= 15 is 0 Å². The van der Waals surface area contributed by atoms with Crippen molar-refractivity contribution in [2.24, 2.45) is 0 Å². The van der Waals surface area contributed by atoms with Crippen molar-refractivity contribution in [2.45, 2.75) is 57.1 Å². The summed E-state index contributed by atoms with van der Waals surface area (Å²) in [4.78, 5) is 36.7. The fourth-order valence-electron chi connectivity index (χ4n) is 5.45. The standard InChI is InChI=1S/C23H33N5O3/c29-21-15-25-22-20(28(21)16-19-7-3-12-31-19)13-17(14-24-22)23(30)27-9-4-8-26(10-11-27)18-5-1-2-6-18/h13-14,18-19H,1-12,15-16H2,(H,24,25). The predicted molar refractivity (Wildman–Crippen MR) is 118 cm³/mol. The summed E-state index contributed by atoms with van der Waals surface area (Å²) in [6.07, 6.45) is 9.96. The Morgan fingerprint density at radius 1 is 1.10 bits per heavy atom.